The number of carbonyl (C=O) groups is 1. The Morgan fingerprint density at radius 2 is 2.00 bits per heavy atom. The van der Waals surface area contributed by atoms with E-state index in [0.29, 0.717) is 6.61 Å². The monoisotopic (exact) mass is 273 g/mol. The molecule has 3 nitrogen and oxygen atoms in total. The molecule has 0 unspecified atom stereocenters. The van der Waals surface area contributed by atoms with Crippen LogP contribution in [0.3, 0.4) is 0 Å². The zero-order valence-corrected chi connectivity index (χ0v) is 10.7. The predicted molar refractivity (Wildman–Crippen MR) is 63.3 cm³/mol. The van der Waals surface area contributed by atoms with Gasteiger partial charge in [-0.05, 0) is 0 Å². The van der Waals surface area contributed by atoms with Gasteiger partial charge in [-0.1, -0.05) is 0 Å². The first-order valence-corrected chi connectivity index (χ1v) is 5.04. The van der Waals surface area contributed by atoms with Crippen molar-refractivity contribution in [3.05, 3.63) is 60.2 Å². The Hall–Kier alpha value is -1.51. The molecule has 0 aliphatic carbocycles. The maximum absolute atomic E-state index is 10.6. The molecule has 0 saturated heterocycles. The van der Waals surface area contributed by atoms with Gasteiger partial charge in [0, 0.05) is 7.05 Å². The smallest absolute Gasteiger partial charge is 0.458 e. The van der Waals surface area contributed by atoms with E-state index in [0.717, 1.165) is 5.56 Å². The molecule has 2 aromatic carbocycles. The van der Waals surface area contributed by atoms with Crippen LogP contribution < -0.4 is 5.32 Å². The van der Waals surface area contributed by atoms with Crippen molar-refractivity contribution in [2.24, 2.45) is 0 Å². The van der Waals surface area contributed by atoms with Gasteiger partial charge in [0.15, 0.2) is 0 Å². The van der Waals surface area contributed by atoms with Gasteiger partial charge in [-0.25, -0.2) is 23.0 Å². The molecule has 17 heavy (non-hydrogen) atoms. The average molecular weight is 273 g/mol. The van der Waals surface area contributed by atoms with Gasteiger partial charge in [0.1, 0.15) is 0 Å². The topological polar surface area (TPSA) is 38.3 Å². The second kappa shape index (κ2) is 9.70. The summed E-state index contributed by atoms with van der Waals surface area (Å²) in [7, 11) is 1.54. The number of amides is 1. The molecule has 0 bridgehead atoms. The zero-order valence-electron chi connectivity index (χ0n) is 9.57. The van der Waals surface area contributed by atoms with Crippen LogP contribution in [0.4, 0.5) is 4.79 Å². The van der Waals surface area contributed by atoms with E-state index < -0.39 is 6.09 Å². The van der Waals surface area contributed by atoms with E-state index in [-0.39, 0.29) is 17.1 Å². The Balaban J connectivity index is 0.000000360. The van der Waals surface area contributed by atoms with Crippen molar-refractivity contribution in [1.29, 1.82) is 0 Å². The van der Waals surface area contributed by atoms with E-state index in [1.807, 2.05) is 54.6 Å². The van der Waals surface area contributed by atoms with E-state index in [1.165, 1.54) is 7.05 Å². The molecule has 0 spiro atoms. The summed E-state index contributed by atoms with van der Waals surface area (Å²) in [4.78, 5) is 10.6. The molecular formula is C13H15FeNO2. The summed E-state index contributed by atoms with van der Waals surface area (Å²) in [6.45, 7) is 0.340. The van der Waals surface area contributed by atoms with Gasteiger partial charge < -0.3 is 10.1 Å². The number of hydrogen-bond donors (Lipinski definition) is 1. The second-order valence-corrected chi connectivity index (χ2v) is 3.08. The Kier molecular flexibility index (Phi) is 8.84. The van der Waals surface area contributed by atoms with Gasteiger partial charge in [-0.15, -0.1) is 0 Å². The molecule has 92 valence electrons. The first-order valence-electron chi connectivity index (χ1n) is 5.04. The van der Waals surface area contributed by atoms with Crippen LogP contribution in [0.15, 0.2) is 54.6 Å². The molecule has 0 fully saturated rings. The van der Waals surface area contributed by atoms with Gasteiger partial charge in [-0.2, -0.15) is 42.0 Å². The Labute approximate surface area is 112 Å². The molecule has 2 aromatic rings. The summed E-state index contributed by atoms with van der Waals surface area (Å²) in [6, 6.07) is 17.6. The zero-order chi connectivity index (χ0) is 11.6. The largest absolute Gasteiger partial charge is 2.00 e. The minimum atomic E-state index is -0.397. The van der Waals surface area contributed by atoms with Crippen LogP contribution in [0.5, 0.6) is 0 Å². The number of rotatable bonds is 2. The molecule has 1 amide bonds. The maximum Gasteiger partial charge on any atom is 2.00 e. The summed E-state index contributed by atoms with van der Waals surface area (Å²) in [5.74, 6) is 0. The number of ether oxygens (including phenoxy) is 1. The molecule has 0 heterocycles. The molecule has 0 aliphatic rings. The maximum atomic E-state index is 10.6. The third-order valence-corrected chi connectivity index (χ3v) is 1.86. The number of carbonyl (C=O) groups excluding carboxylic acids is 1. The number of alkyl carbamates (subject to hydrolysis) is 1. The van der Waals surface area contributed by atoms with E-state index >= 15 is 0 Å². The third-order valence-electron chi connectivity index (χ3n) is 1.86. The van der Waals surface area contributed by atoms with E-state index in [9.17, 15) is 4.79 Å². The van der Waals surface area contributed by atoms with Crippen LogP contribution in [0.2, 0.25) is 0 Å². The average Bonchev–Trinajstić information content (AvgIpc) is 3.00. The van der Waals surface area contributed by atoms with Crippen molar-refractivity contribution in [3.8, 4) is 0 Å². The minimum absolute atomic E-state index is 0. The minimum Gasteiger partial charge on any atom is -0.458 e. The quantitative estimate of drug-likeness (QED) is 0.674. The van der Waals surface area contributed by atoms with Gasteiger partial charge >= 0.3 is 23.2 Å². The van der Waals surface area contributed by atoms with Gasteiger partial charge in [0.05, 0.1) is 6.61 Å². The van der Waals surface area contributed by atoms with E-state index in [2.05, 4.69) is 5.32 Å². The van der Waals surface area contributed by atoms with Crippen molar-refractivity contribution in [1.82, 2.24) is 5.32 Å². The molecule has 0 saturated carbocycles. The molecule has 0 aromatic heterocycles. The van der Waals surface area contributed by atoms with Crippen LogP contribution in [-0.4, -0.2) is 13.1 Å². The summed E-state index contributed by atoms with van der Waals surface area (Å²) in [5, 5.41) is 2.37. The van der Waals surface area contributed by atoms with Crippen molar-refractivity contribution < 1.29 is 26.6 Å². The number of hydrogen-bond acceptors (Lipinski definition) is 2. The molecule has 2 rings (SSSR count). The molecule has 0 radical (unpaired) electrons. The molecular weight excluding hydrogens is 258 g/mol. The van der Waals surface area contributed by atoms with Gasteiger partial charge in [0.2, 0.25) is 0 Å². The van der Waals surface area contributed by atoms with E-state index in [4.69, 9.17) is 4.74 Å². The van der Waals surface area contributed by atoms with Crippen LogP contribution in [0, 0.1) is 0 Å². The van der Waals surface area contributed by atoms with Crippen molar-refractivity contribution in [3.63, 3.8) is 0 Å². The van der Waals surface area contributed by atoms with Crippen molar-refractivity contribution in [2.45, 2.75) is 6.61 Å². The summed E-state index contributed by atoms with van der Waals surface area (Å²) >= 11 is 0. The summed E-state index contributed by atoms with van der Waals surface area (Å²) in [6.07, 6.45) is -0.397. The van der Waals surface area contributed by atoms with Crippen molar-refractivity contribution >= 4 is 6.09 Å². The Morgan fingerprint density at radius 1 is 1.29 bits per heavy atom. The van der Waals surface area contributed by atoms with E-state index in [1.54, 1.807) is 0 Å². The molecule has 4 heteroatoms. The Morgan fingerprint density at radius 3 is 2.41 bits per heavy atom. The standard InChI is InChI=1S/C8H10NO2.C5H5.Fe/c1-9-8(10)11-6-7-4-2-3-5-7;1-2-4-5-3-1;/h2-5H,6H2,1H3,(H,9,10);1-5H;/q2*-1;+2. The SMILES string of the molecule is CNC(=O)OCc1cc[cH-]c1.[Fe+2].c1cc[cH-]c1. The summed E-state index contributed by atoms with van der Waals surface area (Å²) < 4.78 is 4.79. The first-order chi connectivity index (χ1) is 7.83. The van der Waals surface area contributed by atoms with Gasteiger partial charge in [0.25, 0.3) is 0 Å². The fourth-order valence-electron chi connectivity index (χ4n) is 1.05. The summed E-state index contributed by atoms with van der Waals surface area (Å²) in [5.41, 5.74) is 1.01. The van der Waals surface area contributed by atoms with Crippen LogP contribution in [0.25, 0.3) is 0 Å². The second-order valence-electron chi connectivity index (χ2n) is 3.08. The van der Waals surface area contributed by atoms with Crippen LogP contribution in [-0.2, 0) is 28.4 Å². The Bertz CT molecular complexity index is 351. The predicted octanol–water partition coefficient (Wildman–Crippen LogP) is 2.66. The van der Waals surface area contributed by atoms with Gasteiger partial charge in [-0.3, -0.25) is 0 Å². The number of nitrogens with one attached hydrogen (secondary N) is 1. The molecule has 1 N–H and O–H groups in total. The fourth-order valence-corrected chi connectivity index (χ4v) is 1.05. The normalized spacial score (nSPS) is 8.29. The molecule has 0 atom stereocenters. The van der Waals surface area contributed by atoms with Crippen LogP contribution >= 0.6 is 0 Å². The molecule has 0 aliphatic heterocycles. The first kappa shape index (κ1) is 15.5. The van der Waals surface area contributed by atoms with Crippen molar-refractivity contribution in [2.75, 3.05) is 7.05 Å². The fraction of sp³-hybridized carbons (Fsp3) is 0.154. The van der Waals surface area contributed by atoms with Crippen LogP contribution in [0.1, 0.15) is 5.56 Å². The third kappa shape index (κ3) is 7.39.